The molecule has 1 aliphatic heterocycles. The molecular formula is C40H47ClN8O4. The van der Waals surface area contributed by atoms with Crippen LogP contribution in [0, 0.1) is 18.8 Å². The summed E-state index contributed by atoms with van der Waals surface area (Å²) in [5.74, 6) is -0.0478. The van der Waals surface area contributed by atoms with Crippen molar-refractivity contribution in [3.05, 3.63) is 106 Å². The summed E-state index contributed by atoms with van der Waals surface area (Å²) >= 11 is 5.99. The Kier molecular flexibility index (Phi) is 12.4. The quantitative estimate of drug-likeness (QED) is 0.120. The predicted octanol–water partition coefficient (Wildman–Crippen LogP) is 4.95. The number of alkyl carbamates (subject to hydrolysis) is 1. The van der Waals surface area contributed by atoms with Crippen molar-refractivity contribution >= 4 is 41.1 Å². The van der Waals surface area contributed by atoms with E-state index >= 15 is 0 Å². The minimum atomic E-state index is -0.516. The number of aromatic nitrogens is 2. The Balaban J connectivity index is 0.908. The third-order valence-electron chi connectivity index (χ3n) is 10.2. The van der Waals surface area contributed by atoms with E-state index in [0.29, 0.717) is 32.1 Å². The molecule has 0 radical (unpaired) electrons. The van der Waals surface area contributed by atoms with E-state index in [9.17, 15) is 14.4 Å². The molecule has 13 heteroatoms. The molecule has 7 N–H and O–H groups in total. The van der Waals surface area contributed by atoms with Gasteiger partial charge in [-0.2, -0.15) is 0 Å². The second-order valence-corrected chi connectivity index (χ2v) is 14.2. The van der Waals surface area contributed by atoms with E-state index in [2.05, 4.69) is 69.2 Å². The van der Waals surface area contributed by atoms with Crippen LogP contribution < -0.4 is 27.4 Å². The highest BCUT2D eigenvalue weighted by Gasteiger charge is 2.29. The number of amides is 3. The molecule has 0 saturated carbocycles. The van der Waals surface area contributed by atoms with Crippen LogP contribution in [0.15, 0.2) is 72.8 Å². The summed E-state index contributed by atoms with van der Waals surface area (Å²) in [6, 6.07) is 24.6. The number of piperidine rings is 1. The number of nitrogens with one attached hydrogen (secondary N) is 3. The summed E-state index contributed by atoms with van der Waals surface area (Å²) in [6.45, 7) is 5.75. The zero-order valence-corrected chi connectivity index (χ0v) is 30.7. The lowest BCUT2D eigenvalue weighted by Gasteiger charge is -2.32. The summed E-state index contributed by atoms with van der Waals surface area (Å²) in [5.41, 5.74) is 18.6. The average Bonchev–Trinajstić information content (AvgIpc) is 3.48. The maximum atomic E-state index is 13.0. The van der Waals surface area contributed by atoms with Gasteiger partial charge in [0.25, 0.3) is 5.91 Å². The Morgan fingerprint density at radius 2 is 1.55 bits per heavy atom. The van der Waals surface area contributed by atoms with Crippen molar-refractivity contribution in [1.82, 2.24) is 30.8 Å². The maximum absolute atomic E-state index is 13.0. The number of carbonyl (C=O) groups is 3. The van der Waals surface area contributed by atoms with Gasteiger partial charge in [-0.25, -0.2) is 14.8 Å². The Labute approximate surface area is 315 Å². The van der Waals surface area contributed by atoms with Gasteiger partial charge in [0.1, 0.15) is 6.61 Å². The van der Waals surface area contributed by atoms with E-state index in [0.717, 1.165) is 36.9 Å². The number of fused-ring (bicyclic) bond motifs is 3. The van der Waals surface area contributed by atoms with Gasteiger partial charge in [-0.1, -0.05) is 84.4 Å². The van der Waals surface area contributed by atoms with Crippen LogP contribution in [0.3, 0.4) is 0 Å². The number of anilines is 2. The van der Waals surface area contributed by atoms with Crippen molar-refractivity contribution in [2.45, 2.75) is 38.5 Å². The van der Waals surface area contributed by atoms with Crippen molar-refractivity contribution < 1.29 is 19.1 Å². The number of aryl methyl sites for hydroxylation is 1. The monoisotopic (exact) mass is 738 g/mol. The molecule has 2 aliphatic rings. The molecule has 6 rings (SSSR count). The van der Waals surface area contributed by atoms with Crippen molar-refractivity contribution in [3.8, 4) is 11.1 Å². The highest BCUT2D eigenvalue weighted by atomic mass is 35.5. The Morgan fingerprint density at radius 3 is 2.25 bits per heavy atom. The fraction of sp³-hybridized carbons (Fsp3) is 0.375. The summed E-state index contributed by atoms with van der Waals surface area (Å²) in [6.07, 6.45) is 2.23. The van der Waals surface area contributed by atoms with Gasteiger partial charge in [-0.05, 0) is 84.5 Å². The van der Waals surface area contributed by atoms with Gasteiger partial charge in [0.15, 0.2) is 22.5 Å². The van der Waals surface area contributed by atoms with E-state index in [1.807, 2.05) is 41.3 Å². The van der Waals surface area contributed by atoms with Crippen LogP contribution in [0.25, 0.3) is 11.1 Å². The molecule has 3 aromatic carbocycles. The lowest BCUT2D eigenvalue weighted by Crippen LogP contribution is -2.43. The number of halogens is 1. The smallest absolute Gasteiger partial charge is 0.407 e. The molecule has 1 saturated heterocycles. The summed E-state index contributed by atoms with van der Waals surface area (Å²) in [4.78, 5) is 48.3. The minimum absolute atomic E-state index is 0.0130. The van der Waals surface area contributed by atoms with E-state index in [1.54, 1.807) is 0 Å². The van der Waals surface area contributed by atoms with Gasteiger partial charge >= 0.3 is 6.09 Å². The molecule has 12 nitrogen and oxygen atoms in total. The number of hydrogen-bond donors (Lipinski definition) is 5. The normalized spacial score (nSPS) is 14.6. The number of nitrogens with zero attached hydrogens (tertiary/aromatic N) is 3. The first-order valence-electron chi connectivity index (χ1n) is 18.2. The van der Waals surface area contributed by atoms with Crippen LogP contribution in [0.5, 0.6) is 0 Å². The Morgan fingerprint density at radius 1 is 0.887 bits per heavy atom. The number of ether oxygens (including phenoxy) is 1. The first kappa shape index (κ1) is 37.6. The first-order chi connectivity index (χ1) is 25.7. The van der Waals surface area contributed by atoms with Crippen LogP contribution in [0.1, 0.15) is 57.9 Å². The second-order valence-electron chi connectivity index (χ2n) is 13.8. The van der Waals surface area contributed by atoms with E-state index in [1.165, 1.54) is 22.3 Å². The third-order valence-corrected chi connectivity index (χ3v) is 10.5. The maximum Gasteiger partial charge on any atom is 0.407 e. The highest BCUT2D eigenvalue weighted by molar-refractivity contribution is 6.31. The molecule has 1 aromatic heterocycles. The fourth-order valence-corrected chi connectivity index (χ4v) is 7.38. The topological polar surface area (TPSA) is 178 Å². The van der Waals surface area contributed by atoms with Gasteiger partial charge in [0, 0.05) is 38.5 Å². The Bertz CT molecular complexity index is 1890. The number of nitrogens with two attached hydrogens (primary N) is 2. The molecule has 1 fully saturated rings. The van der Waals surface area contributed by atoms with E-state index in [-0.39, 0.29) is 59.8 Å². The zero-order chi connectivity index (χ0) is 37.3. The lowest BCUT2D eigenvalue weighted by molar-refractivity contribution is -0.132. The fourth-order valence-electron chi connectivity index (χ4n) is 7.25. The molecule has 1 aliphatic carbocycles. The summed E-state index contributed by atoms with van der Waals surface area (Å²) in [5, 5.41) is 9.25. The van der Waals surface area contributed by atoms with Gasteiger partial charge in [-0.3, -0.25) is 9.59 Å². The summed E-state index contributed by atoms with van der Waals surface area (Å²) in [7, 11) is 0. The second kappa shape index (κ2) is 17.5. The largest absolute Gasteiger partial charge is 0.449 e. The molecular weight excluding hydrogens is 692 g/mol. The molecule has 0 unspecified atom stereocenters. The highest BCUT2D eigenvalue weighted by Crippen LogP contribution is 2.44. The SMILES string of the molecule is Cc1ccccc1C[C@H](CNCC1CCN(C(=O)CCNC(=O)OCC2c3ccccc3-c3ccccc32)CC1)CNC(=O)c1nc(Cl)c(N)nc1N. The van der Waals surface area contributed by atoms with Gasteiger partial charge in [-0.15, -0.1) is 0 Å². The van der Waals surface area contributed by atoms with Crippen LogP contribution in [0.4, 0.5) is 16.4 Å². The van der Waals surface area contributed by atoms with Gasteiger partial charge in [0.2, 0.25) is 5.91 Å². The lowest BCUT2D eigenvalue weighted by atomic mass is 9.94. The molecule has 4 aromatic rings. The van der Waals surface area contributed by atoms with Crippen molar-refractivity contribution in [2.75, 3.05) is 57.3 Å². The van der Waals surface area contributed by atoms with Gasteiger partial charge < -0.3 is 37.1 Å². The number of nitrogen functional groups attached to an aromatic ring is 2. The van der Waals surface area contributed by atoms with Crippen LogP contribution in [0.2, 0.25) is 5.15 Å². The summed E-state index contributed by atoms with van der Waals surface area (Å²) < 4.78 is 5.61. The molecule has 3 amide bonds. The molecule has 53 heavy (non-hydrogen) atoms. The molecule has 0 bridgehead atoms. The molecule has 2 heterocycles. The number of likely N-dealkylation sites (tertiary alicyclic amines) is 1. The standard InChI is InChI=1S/C40H47ClN8O4/c1-25-8-2-3-9-28(25)20-27(23-46-39(51)35-37(42)48-38(43)36(41)47-35)22-44-21-26-15-18-49(19-16-26)34(50)14-17-45-40(52)53-24-33-31-12-6-4-10-29(31)30-11-5-7-13-32(30)33/h2-13,26-27,33,44H,14-24H2,1H3,(H,45,52)(H,46,51)(H4,42,43,48)/t27-/m1/s1. The number of hydrogen-bond acceptors (Lipinski definition) is 9. The van der Waals surface area contributed by atoms with Crippen molar-refractivity contribution in [2.24, 2.45) is 11.8 Å². The molecule has 0 spiro atoms. The Hall–Kier alpha value is -5.20. The number of carbonyl (C=O) groups excluding carboxylic acids is 3. The number of rotatable bonds is 14. The third kappa shape index (κ3) is 9.43. The van der Waals surface area contributed by atoms with Crippen LogP contribution >= 0.6 is 11.6 Å². The van der Waals surface area contributed by atoms with Crippen molar-refractivity contribution in [3.63, 3.8) is 0 Å². The van der Waals surface area contributed by atoms with Crippen LogP contribution in [-0.2, 0) is 16.0 Å². The van der Waals surface area contributed by atoms with E-state index in [4.69, 9.17) is 27.8 Å². The van der Waals surface area contributed by atoms with Crippen molar-refractivity contribution in [1.29, 1.82) is 0 Å². The molecule has 278 valence electrons. The predicted molar refractivity (Wildman–Crippen MR) is 206 cm³/mol. The van der Waals surface area contributed by atoms with Gasteiger partial charge in [0.05, 0.1) is 0 Å². The minimum Gasteiger partial charge on any atom is -0.449 e. The number of benzene rings is 3. The average molecular weight is 739 g/mol. The zero-order valence-electron chi connectivity index (χ0n) is 29.9. The van der Waals surface area contributed by atoms with Crippen LogP contribution in [-0.4, -0.2) is 78.7 Å². The molecule has 1 atom stereocenters. The van der Waals surface area contributed by atoms with E-state index < -0.39 is 12.0 Å². The first-order valence-corrected chi connectivity index (χ1v) is 18.5.